The highest BCUT2D eigenvalue weighted by Crippen LogP contribution is 2.08. The summed E-state index contributed by atoms with van der Waals surface area (Å²) in [6.07, 6.45) is -0.0237. The fraction of sp³-hybridized carbons (Fsp3) is 0.286. The largest absolute Gasteiger partial charge is 0.393 e. The third-order valence-corrected chi connectivity index (χ3v) is 1.26. The van der Waals surface area contributed by atoms with Gasteiger partial charge >= 0.3 is 0 Å². The highest BCUT2D eigenvalue weighted by Gasteiger charge is 2.05. The number of aromatic nitrogens is 1. The molecule has 1 rings (SSSR count). The molecule has 1 atom stereocenters. The van der Waals surface area contributed by atoms with Gasteiger partial charge in [-0.05, 0) is 12.1 Å². The molecule has 0 saturated heterocycles. The lowest BCUT2D eigenvalue weighted by Crippen LogP contribution is -2.04. The van der Waals surface area contributed by atoms with Gasteiger partial charge < -0.3 is 10.2 Å². The molecule has 0 aromatic carbocycles. The van der Waals surface area contributed by atoms with E-state index in [9.17, 15) is 4.39 Å². The fourth-order valence-corrected chi connectivity index (χ4v) is 0.678. The van der Waals surface area contributed by atoms with E-state index < -0.39 is 18.5 Å². The molecule has 2 N–H and O–H groups in total. The molecule has 0 amide bonds. The van der Waals surface area contributed by atoms with Crippen LogP contribution in [0.25, 0.3) is 0 Å². The maximum Gasteiger partial charge on any atom is 0.141 e. The first-order chi connectivity index (χ1) is 5.24. The molecule has 0 saturated carbocycles. The summed E-state index contributed by atoms with van der Waals surface area (Å²) in [6.45, 7) is -0.404. The third-order valence-electron chi connectivity index (χ3n) is 1.26. The Labute approximate surface area is 63.1 Å². The molecule has 3 nitrogen and oxygen atoms in total. The molecular weight excluding hydrogens is 149 g/mol. The molecular formula is C7H8FNO2. The van der Waals surface area contributed by atoms with Crippen molar-refractivity contribution < 1.29 is 14.6 Å². The van der Waals surface area contributed by atoms with Gasteiger partial charge in [0, 0.05) is 0 Å². The second-order valence-corrected chi connectivity index (χ2v) is 2.10. The summed E-state index contributed by atoms with van der Waals surface area (Å²) in [5.74, 6) is -0.459. The molecule has 0 fully saturated rings. The van der Waals surface area contributed by atoms with E-state index in [1.807, 2.05) is 0 Å². The van der Waals surface area contributed by atoms with Gasteiger partial charge in [-0.2, -0.15) is 0 Å². The maximum absolute atomic E-state index is 12.2. The third kappa shape index (κ3) is 1.96. The van der Waals surface area contributed by atoms with Crippen molar-refractivity contribution in [2.24, 2.45) is 0 Å². The van der Waals surface area contributed by atoms with Crippen LogP contribution >= 0.6 is 0 Å². The Bertz CT molecular complexity index is 224. The highest BCUT2D eigenvalue weighted by molar-refractivity contribution is 5.07. The molecule has 1 heterocycles. The van der Waals surface area contributed by atoms with E-state index in [-0.39, 0.29) is 5.69 Å². The van der Waals surface area contributed by atoms with Crippen LogP contribution in [-0.2, 0) is 0 Å². The van der Waals surface area contributed by atoms with Gasteiger partial charge in [0.15, 0.2) is 0 Å². The molecule has 1 aromatic heterocycles. The van der Waals surface area contributed by atoms with Crippen molar-refractivity contribution in [1.29, 1.82) is 0 Å². The van der Waals surface area contributed by atoms with E-state index in [1.54, 1.807) is 0 Å². The van der Waals surface area contributed by atoms with Crippen molar-refractivity contribution in [2.45, 2.75) is 6.10 Å². The Hall–Kier alpha value is -1.00. The van der Waals surface area contributed by atoms with E-state index in [2.05, 4.69) is 4.98 Å². The van der Waals surface area contributed by atoms with Gasteiger partial charge in [0.1, 0.15) is 11.9 Å². The monoisotopic (exact) mass is 157 g/mol. The maximum atomic E-state index is 12.2. The summed E-state index contributed by atoms with van der Waals surface area (Å²) in [4.78, 5) is 3.56. The number of nitrogens with zero attached hydrogens (tertiary/aromatic N) is 1. The van der Waals surface area contributed by atoms with Crippen molar-refractivity contribution in [3.8, 4) is 0 Å². The average molecular weight is 157 g/mol. The van der Waals surface area contributed by atoms with Crippen LogP contribution in [0.15, 0.2) is 18.3 Å². The lowest BCUT2D eigenvalue weighted by atomic mass is 10.2. The molecule has 60 valence electrons. The molecule has 0 spiro atoms. The zero-order valence-corrected chi connectivity index (χ0v) is 5.74. The molecule has 0 aliphatic heterocycles. The standard InChI is InChI=1S/C7H8FNO2/c8-5-1-2-6(9-3-5)7(11)4-10/h1-3,7,10-11H,4H2/t7-/m1/s1. The van der Waals surface area contributed by atoms with Crippen molar-refractivity contribution in [3.05, 3.63) is 29.8 Å². The molecule has 4 heteroatoms. The number of hydrogen-bond acceptors (Lipinski definition) is 3. The van der Waals surface area contributed by atoms with Crippen molar-refractivity contribution in [2.75, 3.05) is 6.61 Å². The van der Waals surface area contributed by atoms with Gasteiger partial charge in [0.2, 0.25) is 0 Å². The molecule has 0 aliphatic carbocycles. The number of aliphatic hydroxyl groups is 2. The van der Waals surface area contributed by atoms with Crippen LogP contribution in [0.5, 0.6) is 0 Å². The second kappa shape index (κ2) is 3.41. The number of aliphatic hydroxyl groups excluding tert-OH is 2. The first-order valence-corrected chi connectivity index (χ1v) is 3.14. The predicted molar refractivity (Wildman–Crippen MR) is 36.2 cm³/mol. The Morgan fingerprint density at radius 2 is 2.27 bits per heavy atom. The van der Waals surface area contributed by atoms with E-state index in [4.69, 9.17) is 10.2 Å². The van der Waals surface area contributed by atoms with Crippen LogP contribution in [0, 0.1) is 5.82 Å². The van der Waals surface area contributed by atoms with Gasteiger partial charge in [0.05, 0.1) is 18.5 Å². The van der Waals surface area contributed by atoms with Crippen LogP contribution in [0.1, 0.15) is 11.8 Å². The lowest BCUT2D eigenvalue weighted by Gasteiger charge is -2.04. The van der Waals surface area contributed by atoms with Crippen molar-refractivity contribution >= 4 is 0 Å². The molecule has 1 aromatic rings. The molecule has 0 aliphatic rings. The SMILES string of the molecule is OC[C@@H](O)c1ccc(F)cn1. The topological polar surface area (TPSA) is 53.4 Å². The fourth-order valence-electron chi connectivity index (χ4n) is 0.678. The van der Waals surface area contributed by atoms with Crippen LogP contribution in [0.2, 0.25) is 0 Å². The van der Waals surface area contributed by atoms with E-state index in [0.29, 0.717) is 0 Å². The molecule has 0 bridgehead atoms. The van der Waals surface area contributed by atoms with Crippen molar-refractivity contribution in [3.63, 3.8) is 0 Å². The molecule has 0 radical (unpaired) electrons. The first kappa shape index (κ1) is 8.10. The van der Waals surface area contributed by atoms with Crippen LogP contribution in [0.4, 0.5) is 4.39 Å². The summed E-state index contributed by atoms with van der Waals surface area (Å²) in [5.41, 5.74) is 0.272. The minimum Gasteiger partial charge on any atom is -0.393 e. The highest BCUT2D eigenvalue weighted by atomic mass is 19.1. The summed E-state index contributed by atoms with van der Waals surface area (Å²) >= 11 is 0. The van der Waals surface area contributed by atoms with Gasteiger partial charge in [-0.1, -0.05) is 0 Å². The minimum absolute atomic E-state index is 0.272. The zero-order valence-electron chi connectivity index (χ0n) is 5.74. The summed E-state index contributed by atoms with van der Waals surface area (Å²) < 4.78 is 12.2. The summed E-state index contributed by atoms with van der Waals surface area (Å²) in [5, 5.41) is 17.5. The Balaban J connectivity index is 2.81. The van der Waals surface area contributed by atoms with Crippen LogP contribution in [-0.4, -0.2) is 21.8 Å². The molecule has 0 unspecified atom stereocenters. The number of halogens is 1. The normalized spacial score (nSPS) is 13.0. The Morgan fingerprint density at radius 3 is 2.73 bits per heavy atom. The average Bonchev–Trinajstić information content (AvgIpc) is 2.05. The lowest BCUT2D eigenvalue weighted by molar-refractivity contribution is 0.0921. The van der Waals surface area contributed by atoms with Gasteiger partial charge in [-0.25, -0.2) is 4.39 Å². The van der Waals surface area contributed by atoms with Crippen LogP contribution in [0.3, 0.4) is 0 Å². The quantitative estimate of drug-likeness (QED) is 0.646. The smallest absolute Gasteiger partial charge is 0.141 e. The minimum atomic E-state index is -1.02. The van der Waals surface area contributed by atoms with Gasteiger partial charge in [-0.3, -0.25) is 4.98 Å². The first-order valence-electron chi connectivity index (χ1n) is 3.14. The van der Waals surface area contributed by atoms with Gasteiger partial charge in [0.25, 0.3) is 0 Å². The Kier molecular flexibility index (Phi) is 2.51. The van der Waals surface area contributed by atoms with Gasteiger partial charge in [-0.15, -0.1) is 0 Å². The summed E-state index contributed by atoms with van der Waals surface area (Å²) in [7, 11) is 0. The van der Waals surface area contributed by atoms with Crippen LogP contribution < -0.4 is 0 Å². The Morgan fingerprint density at radius 1 is 1.55 bits per heavy atom. The predicted octanol–water partition coefficient (Wildman–Crippen LogP) is 0.246. The van der Waals surface area contributed by atoms with E-state index in [1.165, 1.54) is 12.1 Å². The number of hydrogen-bond donors (Lipinski definition) is 2. The second-order valence-electron chi connectivity index (χ2n) is 2.10. The zero-order chi connectivity index (χ0) is 8.27. The van der Waals surface area contributed by atoms with E-state index >= 15 is 0 Å². The van der Waals surface area contributed by atoms with Crippen molar-refractivity contribution in [1.82, 2.24) is 4.98 Å². The number of rotatable bonds is 2. The summed E-state index contributed by atoms with van der Waals surface area (Å²) in [6, 6.07) is 2.51. The van der Waals surface area contributed by atoms with E-state index in [0.717, 1.165) is 6.20 Å². The number of pyridine rings is 1. The molecule has 11 heavy (non-hydrogen) atoms.